The fraction of sp³-hybridized carbons (Fsp3) is 0.129. The maximum Gasteiger partial charge on any atom is 0.337 e. The standard InChI is InChI=1S/C31H28N2O2/c1-35-31(34)29-27(32-25-18-10-4-11-19-25)22-28(23-14-6-2-7-15-23)33(26-20-12-5-13-21-26)30(29)24-16-8-3-9-17-24/h2-21,28,30,32H,22H2,1H3/t28-,30-/m1/s1. The Labute approximate surface area is 206 Å². The minimum Gasteiger partial charge on any atom is -0.466 e. The lowest BCUT2D eigenvalue weighted by molar-refractivity contribution is -0.136. The van der Waals surface area contributed by atoms with Crippen LogP contribution in [0.25, 0.3) is 0 Å². The zero-order valence-corrected chi connectivity index (χ0v) is 19.7. The number of para-hydroxylation sites is 2. The number of hydrogen-bond donors (Lipinski definition) is 1. The summed E-state index contributed by atoms with van der Waals surface area (Å²) in [4.78, 5) is 15.8. The first kappa shape index (κ1) is 22.5. The molecule has 174 valence electrons. The van der Waals surface area contributed by atoms with Crippen LogP contribution in [0.1, 0.15) is 29.6 Å². The van der Waals surface area contributed by atoms with Crippen LogP contribution in [0.4, 0.5) is 11.4 Å². The lowest BCUT2D eigenvalue weighted by atomic mass is 9.84. The van der Waals surface area contributed by atoms with Gasteiger partial charge in [0.2, 0.25) is 0 Å². The van der Waals surface area contributed by atoms with Crippen LogP contribution < -0.4 is 10.2 Å². The van der Waals surface area contributed by atoms with Crippen LogP contribution in [0.3, 0.4) is 0 Å². The molecule has 0 saturated heterocycles. The van der Waals surface area contributed by atoms with E-state index in [1.165, 1.54) is 12.7 Å². The van der Waals surface area contributed by atoms with E-state index in [2.05, 4.69) is 58.7 Å². The fourth-order valence-corrected chi connectivity index (χ4v) is 4.89. The van der Waals surface area contributed by atoms with Crippen LogP contribution in [0, 0.1) is 0 Å². The van der Waals surface area contributed by atoms with E-state index in [0.29, 0.717) is 12.0 Å². The maximum atomic E-state index is 13.4. The van der Waals surface area contributed by atoms with Gasteiger partial charge < -0.3 is 15.0 Å². The highest BCUT2D eigenvalue weighted by molar-refractivity contribution is 5.93. The highest BCUT2D eigenvalue weighted by Gasteiger charge is 2.41. The number of nitrogens with zero attached hydrogens (tertiary/aromatic N) is 1. The smallest absolute Gasteiger partial charge is 0.337 e. The van der Waals surface area contributed by atoms with Gasteiger partial charge in [-0.3, -0.25) is 0 Å². The van der Waals surface area contributed by atoms with Crippen LogP contribution in [-0.4, -0.2) is 13.1 Å². The summed E-state index contributed by atoms with van der Waals surface area (Å²) in [6.07, 6.45) is 0.627. The van der Waals surface area contributed by atoms with Crippen molar-refractivity contribution in [2.75, 3.05) is 17.3 Å². The predicted molar refractivity (Wildman–Crippen MR) is 141 cm³/mol. The van der Waals surface area contributed by atoms with E-state index in [9.17, 15) is 4.79 Å². The van der Waals surface area contributed by atoms with E-state index in [-0.39, 0.29) is 18.1 Å². The van der Waals surface area contributed by atoms with E-state index in [0.717, 1.165) is 22.6 Å². The topological polar surface area (TPSA) is 41.6 Å². The van der Waals surface area contributed by atoms with Gasteiger partial charge in [0.25, 0.3) is 0 Å². The molecule has 1 aliphatic heterocycles. The average Bonchev–Trinajstić information content (AvgIpc) is 2.94. The minimum atomic E-state index is -0.337. The highest BCUT2D eigenvalue weighted by Crippen LogP contribution is 2.47. The molecule has 0 radical (unpaired) electrons. The third-order valence-corrected chi connectivity index (χ3v) is 6.44. The summed E-state index contributed by atoms with van der Waals surface area (Å²) in [5.41, 5.74) is 5.71. The summed E-state index contributed by atoms with van der Waals surface area (Å²) in [5, 5.41) is 3.57. The van der Waals surface area contributed by atoms with Gasteiger partial charge >= 0.3 is 5.97 Å². The molecule has 0 aromatic heterocycles. The Hall–Kier alpha value is -4.31. The van der Waals surface area contributed by atoms with Crippen molar-refractivity contribution in [1.82, 2.24) is 0 Å². The first-order valence-electron chi connectivity index (χ1n) is 11.8. The Bertz CT molecular complexity index is 1290. The number of rotatable bonds is 6. The van der Waals surface area contributed by atoms with Crippen LogP contribution >= 0.6 is 0 Å². The second kappa shape index (κ2) is 10.3. The summed E-state index contributed by atoms with van der Waals surface area (Å²) < 4.78 is 5.37. The fourth-order valence-electron chi connectivity index (χ4n) is 4.89. The Balaban J connectivity index is 1.76. The molecule has 2 atom stereocenters. The molecule has 0 amide bonds. The molecule has 0 saturated carbocycles. The summed E-state index contributed by atoms with van der Waals surface area (Å²) in [6, 6.07) is 40.7. The number of methoxy groups -OCH3 is 1. The van der Waals surface area contributed by atoms with Crippen molar-refractivity contribution < 1.29 is 9.53 Å². The summed E-state index contributed by atoms with van der Waals surface area (Å²) in [7, 11) is 1.45. The first-order chi connectivity index (χ1) is 17.3. The molecule has 5 rings (SSSR count). The van der Waals surface area contributed by atoms with E-state index in [1.54, 1.807) is 0 Å². The lowest BCUT2D eigenvalue weighted by Gasteiger charge is -2.45. The van der Waals surface area contributed by atoms with E-state index in [1.807, 2.05) is 72.8 Å². The molecular formula is C31H28N2O2. The second-order valence-corrected chi connectivity index (χ2v) is 8.56. The van der Waals surface area contributed by atoms with Gasteiger partial charge in [-0.05, 0) is 35.4 Å². The molecule has 4 aromatic carbocycles. The third kappa shape index (κ3) is 4.69. The minimum absolute atomic E-state index is 0.00317. The van der Waals surface area contributed by atoms with E-state index >= 15 is 0 Å². The van der Waals surface area contributed by atoms with Gasteiger partial charge in [0.15, 0.2) is 0 Å². The Morgan fingerprint density at radius 3 is 1.83 bits per heavy atom. The molecule has 0 bridgehead atoms. The zero-order valence-electron chi connectivity index (χ0n) is 19.7. The first-order valence-corrected chi connectivity index (χ1v) is 11.8. The number of nitrogens with one attached hydrogen (secondary N) is 1. The van der Waals surface area contributed by atoms with Crippen molar-refractivity contribution in [3.8, 4) is 0 Å². The molecule has 0 fully saturated rings. The summed E-state index contributed by atoms with van der Waals surface area (Å²) in [6.45, 7) is 0. The van der Waals surface area contributed by atoms with Crippen LogP contribution in [0.15, 0.2) is 133 Å². The van der Waals surface area contributed by atoms with Crippen LogP contribution in [-0.2, 0) is 9.53 Å². The third-order valence-electron chi connectivity index (χ3n) is 6.44. The van der Waals surface area contributed by atoms with Gasteiger partial charge in [0, 0.05) is 23.5 Å². The second-order valence-electron chi connectivity index (χ2n) is 8.56. The molecule has 1 heterocycles. The number of benzene rings is 4. The predicted octanol–water partition coefficient (Wildman–Crippen LogP) is 6.92. The van der Waals surface area contributed by atoms with Crippen molar-refractivity contribution in [1.29, 1.82) is 0 Å². The SMILES string of the molecule is COC(=O)C1=C(Nc2ccccc2)C[C@H](c2ccccc2)N(c2ccccc2)[C@@H]1c1ccccc1. The molecule has 0 aliphatic carbocycles. The number of hydrogen-bond acceptors (Lipinski definition) is 4. The van der Waals surface area contributed by atoms with Crippen molar-refractivity contribution in [3.05, 3.63) is 144 Å². The van der Waals surface area contributed by atoms with Crippen molar-refractivity contribution in [3.63, 3.8) is 0 Å². The highest BCUT2D eigenvalue weighted by atomic mass is 16.5. The molecule has 1 aliphatic rings. The Morgan fingerprint density at radius 1 is 0.743 bits per heavy atom. The summed E-state index contributed by atoms with van der Waals surface area (Å²) >= 11 is 0. The zero-order chi connectivity index (χ0) is 24.0. The monoisotopic (exact) mass is 460 g/mol. The normalized spacial score (nSPS) is 17.7. The molecule has 4 nitrogen and oxygen atoms in total. The number of carbonyl (C=O) groups excluding carboxylic acids is 1. The molecule has 4 heteroatoms. The van der Waals surface area contributed by atoms with Gasteiger partial charge in [0.05, 0.1) is 24.8 Å². The quantitative estimate of drug-likeness (QED) is 0.317. The van der Waals surface area contributed by atoms with Crippen LogP contribution in [0.5, 0.6) is 0 Å². The largest absolute Gasteiger partial charge is 0.466 e. The van der Waals surface area contributed by atoms with Crippen molar-refractivity contribution in [2.45, 2.75) is 18.5 Å². The van der Waals surface area contributed by atoms with Gasteiger partial charge in [-0.25, -0.2) is 4.79 Å². The maximum absolute atomic E-state index is 13.4. The van der Waals surface area contributed by atoms with Crippen molar-refractivity contribution >= 4 is 17.3 Å². The Morgan fingerprint density at radius 2 is 1.26 bits per heavy atom. The molecule has 4 aromatic rings. The molecule has 0 unspecified atom stereocenters. The van der Waals surface area contributed by atoms with E-state index < -0.39 is 0 Å². The van der Waals surface area contributed by atoms with Gasteiger partial charge in [-0.1, -0.05) is 97.1 Å². The van der Waals surface area contributed by atoms with E-state index in [4.69, 9.17) is 4.74 Å². The number of ether oxygens (including phenoxy) is 1. The number of esters is 1. The Kier molecular flexibility index (Phi) is 6.62. The average molecular weight is 461 g/mol. The molecule has 1 N–H and O–H groups in total. The lowest BCUT2D eigenvalue weighted by Crippen LogP contribution is -2.41. The molecule has 35 heavy (non-hydrogen) atoms. The van der Waals surface area contributed by atoms with Crippen LogP contribution in [0.2, 0.25) is 0 Å². The molecular weight excluding hydrogens is 432 g/mol. The summed E-state index contributed by atoms with van der Waals surface area (Å²) in [5.74, 6) is -0.329. The number of anilines is 2. The van der Waals surface area contributed by atoms with Gasteiger partial charge in [-0.2, -0.15) is 0 Å². The molecule has 0 spiro atoms. The van der Waals surface area contributed by atoms with Gasteiger partial charge in [-0.15, -0.1) is 0 Å². The van der Waals surface area contributed by atoms with Crippen molar-refractivity contribution in [2.24, 2.45) is 0 Å². The van der Waals surface area contributed by atoms with Gasteiger partial charge in [0.1, 0.15) is 0 Å². The number of carbonyl (C=O) groups is 1.